The smallest absolute Gasteiger partial charge is 0.191 e. The zero-order chi connectivity index (χ0) is 20.5. The van der Waals surface area contributed by atoms with Crippen molar-refractivity contribution in [1.29, 1.82) is 0 Å². The summed E-state index contributed by atoms with van der Waals surface area (Å²) in [7, 11) is 3.48. The Morgan fingerprint density at radius 1 is 1.20 bits per heavy atom. The molecule has 0 radical (unpaired) electrons. The second kappa shape index (κ2) is 12.7. The third-order valence-corrected chi connectivity index (χ3v) is 5.21. The minimum absolute atomic E-state index is 0. The van der Waals surface area contributed by atoms with E-state index in [1.165, 1.54) is 11.1 Å². The number of nitrogens with one attached hydrogen (secondary N) is 2. The molecular formula is C22H32IN5O2. The van der Waals surface area contributed by atoms with Crippen LogP contribution in [-0.4, -0.2) is 62.8 Å². The van der Waals surface area contributed by atoms with Crippen molar-refractivity contribution in [3.63, 3.8) is 0 Å². The predicted molar refractivity (Wildman–Crippen MR) is 131 cm³/mol. The first kappa shape index (κ1) is 24.4. The summed E-state index contributed by atoms with van der Waals surface area (Å²) >= 11 is 0. The minimum Gasteiger partial charge on any atom is -0.497 e. The molecule has 2 aromatic rings. The van der Waals surface area contributed by atoms with E-state index in [-0.39, 0.29) is 30.0 Å². The van der Waals surface area contributed by atoms with Gasteiger partial charge in [-0.1, -0.05) is 18.2 Å². The van der Waals surface area contributed by atoms with Crippen molar-refractivity contribution in [2.24, 2.45) is 4.99 Å². The number of aromatic nitrogens is 1. The summed E-state index contributed by atoms with van der Waals surface area (Å²) in [6.07, 6.45) is 1.82. The van der Waals surface area contributed by atoms with Crippen molar-refractivity contribution >= 4 is 29.9 Å². The molecule has 1 aliphatic rings. The molecular weight excluding hydrogens is 493 g/mol. The molecule has 8 heteroatoms. The van der Waals surface area contributed by atoms with Crippen molar-refractivity contribution < 1.29 is 9.47 Å². The second-order valence-corrected chi connectivity index (χ2v) is 7.01. The van der Waals surface area contributed by atoms with E-state index < -0.39 is 0 Å². The third kappa shape index (κ3) is 6.82. The summed E-state index contributed by atoms with van der Waals surface area (Å²) < 4.78 is 10.9. The van der Waals surface area contributed by atoms with E-state index in [2.05, 4.69) is 50.6 Å². The van der Waals surface area contributed by atoms with E-state index >= 15 is 0 Å². The summed E-state index contributed by atoms with van der Waals surface area (Å²) in [5.41, 5.74) is 3.44. The summed E-state index contributed by atoms with van der Waals surface area (Å²) in [6.45, 7) is 6.80. The fraction of sp³-hybridized carbons (Fsp3) is 0.455. The van der Waals surface area contributed by atoms with Crippen LogP contribution in [0.3, 0.4) is 0 Å². The topological polar surface area (TPSA) is 71.0 Å². The molecule has 1 aliphatic heterocycles. The predicted octanol–water partition coefficient (Wildman–Crippen LogP) is 2.76. The summed E-state index contributed by atoms with van der Waals surface area (Å²) in [5, 5.41) is 6.85. The van der Waals surface area contributed by atoms with Gasteiger partial charge in [-0.25, -0.2) is 0 Å². The number of aliphatic imine (C=N–C) groups is 1. The van der Waals surface area contributed by atoms with E-state index in [1.54, 1.807) is 14.2 Å². The van der Waals surface area contributed by atoms with Gasteiger partial charge in [0.2, 0.25) is 0 Å². The van der Waals surface area contributed by atoms with Crippen LogP contribution >= 0.6 is 24.0 Å². The van der Waals surface area contributed by atoms with Crippen LogP contribution < -0.4 is 15.4 Å². The number of guanidine groups is 1. The van der Waals surface area contributed by atoms with Gasteiger partial charge in [0.15, 0.2) is 5.96 Å². The maximum Gasteiger partial charge on any atom is 0.191 e. The van der Waals surface area contributed by atoms with E-state index in [4.69, 9.17) is 9.47 Å². The maximum atomic E-state index is 5.54. The molecule has 0 saturated carbocycles. The van der Waals surface area contributed by atoms with Crippen molar-refractivity contribution in [2.75, 3.05) is 47.0 Å². The maximum absolute atomic E-state index is 5.54. The normalized spacial score (nSPS) is 15.8. The summed E-state index contributed by atoms with van der Waals surface area (Å²) in [6, 6.07) is 12.5. The van der Waals surface area contributed by atoms with E-state index in [9.17, 15) is 0 Å². The van der Waals surface area contributed by atoms with Gasteiger partial charge in [-0.2, -0.15) is 0 Å². The number of nitrogens with zero attached hydrogens (tertiary/aromatic N) is 3. The van der Waals surface area contributed by atoms with Gasteiger partial charge in [-0.05, 0) is 36.2 Å². The van der Waals surface area contributed by atoms with Gasteiger partial charge in [0.1, 0.15) is 5.75 Å². The molecule has 1 atom stereocenters. The molecule has 1 aromatic heterocycles. The standard InChI is InChI=1S/C22H31N5O2.HI/c1-17-5-4-10-24-20(17)15-25-22(23-2)26-16-21(27-11-13-29-14-12-27)18-6-8-19(28-3)9-7-18;/h4-10,21H,11-16H2,1-3H3,(H2,23,25,26);1H. The fourth-order valence-electron chi connectivity index (χ4n) is 3.46. The molecule has 2 heterocycles. The number of ether oxygens (including phenoxy) is 2. The highest BCUT2D eigenvalue weighted by Gasteiger charge is 2.23. The quantitative estimate of drug-likeness (QED) is 0.329. The summed E-state index contributed by atoms with van der Waals surface area (Å²) in [4.78, 5) is 11.3. The van der Waals surface area contributed by atoms with Crippen LogP contribution in [0.15, 0.2) is 47.6 Å². The minimum atomic E-state index is 0. The number of morpholine rings is 1. The van der Waals surface area contributed by atoms with Gasteiger partial charge in [0, 0.05) is 32.9 Å². The molecule has 0 spiro atoms. The molecule has 3 rings (SSSR count). The molecule has 30 heavy (non-hydrogen) atoms. The van der Waals surface area contributed by atoms with Gasteiger partial charge in [0.25, 0.3) is 0 Å². The lowest BCUT2D eigenvalue weighted by Gasteiger charge is -2.35. The van der Waals surface area contributed by atoms with Crippen LogP contribution in [0.1, 0.15) is 22.9 Å². The Kier molecular flexibility index (Phi) is 10.3. The highest BCUT2D eigenvalue weighted by atomic mass is 127. The Morgan fingerprint density at radius 3 is 2.57 bits per heavy atom. The number of benzene rings is 1. The van der Waals surface area contributed by atoms with Crippen molar-refractivity contribution in [3.05, 3.63) is 59.4 Å². The van der Waals surface area contributed by atoms with Crippen LogP contribution in [0.25, 0.3) is 0 Å². The van der Waals surface area contributed by atoms with Gasteiger partial charge >= 0.3 is 0 Å². The van der Waals surface area contributed by atoms with E-state index in [1.807, 2.05) is 24.4 Å². The average molecular weight is 525 g/mol. The fourth-order valence-corrected chi connectivity index (χ4v) is 3.46. The summed E-state index contributed by atoms with van der Waals surface area (Å²) in [5.74, 6) is 1.63. The molecule has 0 bridgehead atoms. The van der Waals surface area contributed by atoms with E-state index in [0.717, 1.165) is 50.3 Å². The molecule has 0 aliphatic carbocycles. The Labute approximate surface area is 196 Å². The number of rotatable bonds is 7. The highest BCUT2D eigenvalue weighted by molar-refractivity contribution is 14.0. The molecule has 2 N–H and O–H groups in total. The van der Waals surface area contributed by atoms with E-state index in [0.29, 0.717) is 6.54 Å². The highest BCUT2D eigenvalue weighted by Crippen LogP contribution is 2.23. The molecule has 1 aromatic carbocycles. The largest absolute Gasteiger partial charge is 0.497 e. The van der Waals surface area contributed by atoms with Gasteiger partial charge in [0.05, 0.1) is 38.6 Å². The molecule has 1 unspecified atom stereocenters. The number of hydrogen-bond donors (Lipinski definition) is 2. The lowest BCUT2D eigenvalue weighted by Crippen LogP contribution is -2.46. The van der Waals surface area contributed by atoms with Crippen molar-refractivity contribution in [2.45, 2.75) is 19.5 Å². The van der Waals surface area contributed by atoms with Gasteiger partial charge in [-0.3, -0.25) is 14.9 Å². The van der Waals surface area contributed by atoms with Crippen molar-refractivity contribution in [3.8, 4) is 5.75 Å². The number of methoxy groups -OCH3 is 1. The molecule has 7 nitrogen and oxygen atoms in total. The third-order valence-electron chi connectivity index (χ3n) is 5.21. The van der Waals surface area contributed by atoms with Crippen LogP contribution in [0.4, 0.5) is 0 Å². The van der Waals surface area contributed by atoms with Gasteiger partial charge in [-0.15, -0.1) is 24.0 Å². The SMILES string of the molecule is CN=C(NCc1ncccc1C)NCC(c1ccc(OC)cc1)N1CCOCC1.I. The van der Waals surface area contributed by atoms with Crippen LogP contribution in [0.5, 0.6) is 5.75 Å². The first-order chi connectivity index (χ1) is 14.2. The first-order valence-electron chi connectivity index (χ1n) is 10.0. The lowest BCUT2D eigenvalue weighted by atomic mass is 10.0. The van der Waals surface area contributed by atoms with Crippen LogP contribution in [0.2, 0.25) is 0 Å². The van der Waals surface area contributed by atoms with Crippen LogP contribution in [0, 0.1) is 6.92 Å². The molecule has 164 valence electrons. The Bertz CT molecular complexity index is 794. The Balaban J connectivity index is 0.00000320. The second-order valence-electron chi connectivity index (χ2n) is 7.01. The first-order valence-corrected chi connectivity index (χ1v) is 10.0. The van der Waals surface area contributed by atoms with Gasteiger partial charge < -0.3 is 20.1 Å². The number of aryl methyl sites for hydroxylation is 1. The zero-order valence-corrected chi connectivity index (χ0v) is 20.3. The Hall–Kier alpha value is -1.91. The molecule has 1 saturated heterocycles. The van der Waals surface area contributed by atoms with Crippen LogP contribution in [-0.2, 0) is 11.3 Å². The van der Waals surface area contributed by atoms with Crippen molar-refractivity contribution in [1.82, 2.24) is 20.5 Å². The number of halogens is 1. The average Bonchev–Trinajstić information content (AvgIpc) is 2.78. The zero-order valence-electron chi connectivity index (χ0n) is 17.9. The molecule has 0 amide bonds. The monoisotopic (exact) mass is 525 g/mol. The number of pyridine rings is 1. The number of hydrogen-bond acceptors (Lipinski definition) is 5. The molecule has 1 fully saturated rings. The Morgan fingerprint density at radius 2 is 1.93 bits per heavy atom. The lowest BCUT2D eigenvalue weighted by molar-refractivity contribution is 0.0170.